The van der Waals surface area contributed by atoms with Crippen molar-refractivity contribution in [3.05, 3.63) is 175 Å². The second-order valence-electron chi connectivity index (χ2n) is 14.0. The summed E-state index contributed by atoms with van der Waals surface area (Å²) < 4.78 is 0. The fraction of sp³-hybridized carbons (Fsp3) is 0.0638. The molecule has 0 saturated heterocycles. The van der Waals surface area contributed by atoms with Gasteiger partial charge in [0.05, 0.1) is 0 Å². The van der Waals surface area contributed by atoms with Gasteiger partial charge in [0.25, 0.3) is 0 Å². The predicted molar refractivity (Wildman–Crippen MR) is 217 cm³/mol. The van der Waals surface area contributed by atoms with E-state index in [2.05, 4.69) is 178 Å². The Morgan fingerprint density at radius 1 is 0.400 bits per heavy atom. The summed E-state index contributed by atoms with van der Waals surface area (Å²) in [4.78, 5) is 5.46. The van der Waals surface area contributed by atoms with Crippen molar-refractivity contribution in [2.24, 2.45) is 0 Å². The molecule has 0 bridgehead atoms. The molecule has 0 spiro atoms. The van der Waals surface area contributed by atoms with Gasteiger partial charge in [-0.25, -0.2) is 0 Å². The van der Waals surface area contributed by atoms with Crippen molar-refractivity contribution >= 4 is 68.2 Å². The molecule has 0 N–H and O–H groups in total. The topological polar surface area (TPSA) is 0 Å². The Morgan fingerprint density at radius 3 is 1.54 bits per heavy atom. The summed E-state index contributed by atoms with van der Waals surface area (Å²) in [6.45, 7) is 4.92. The minimum absolute atomic E-state index is 0.108. The summed E-state index contributed by atoms with van der Waals surface area (Å²) >= 11 is 3.89. The zero-order valence-electron chi connectivity index (χ0n) is 28.0. The van der Waals surface area contributed by atoms with Crippen LogP contribution in [0.4, 0.5) is 0 Å². The van der Waals surface area contributed by atoms with Crippen molar-refractivity contribution in [3.8, 4) is 22.3 Å². The minimum Gasteiger partial charge on any atom is -0.0911 e. The Bertz CT molecular complexity index is 2570. The van der Waals surface area contributed by atoms with Gasteiger partial charge in [-0.15, -0.1) is 0 Å². The van der Waals surface area contributed by atoms with E-state index in [1.165, 1.54) is 90.9 Å². The van der Waals surface area contributed by atoms with E-state index in [1.54, 1.807) is 0 Å². The van der Waals surface area contributed by atoms with Gasteiger partial charge in [0.2, 0.25) is 6.71 Å². The first-order valence-electron chi connectivity index (χ1n) is 17.4. The van der Waals surface area contributed by atoms with Crippen LogP contribution < -0.4 is 16.4 Å². The lowest BCUT2D eigenvalue weighted by Gasteiger charge is -2.35. The standard InChI is InChI=1S/C47H33BS2/c1-47(2,32-17-7-4-8-18-32)33-25-26-39-41(29-33)50-43-28-31(27-42-46(43)48(39)38-23-13-14-24-40(38)49-42)45-36-21-11-9-19-34(36)44(30-15-5-3-6-16-30)35-20-10-12-22-37(35)45/h3-29H,1-2H3. The van der Waals surface area contributed by atoms with Gasteiger partial charge in [0, 0.05) is 25.0 Å². The fourth-order valence-electron chi connectivity index (χ4n) is 8.35. The van der Waals surface area contributed by atoms with Crippen LogP contribution in [-0.4, -0.2) is 6.71 Å². The van der Waals surface area contributed by atoms with Gasteiger partial charge < -0.3 is 0 Å². The first-order valence-corrected chi connectivity index (χ1v) is 19.0. The van der Waals surface area contributed by atoms with Gasteiger partial charge in [0.1, 0.15) is 0 Å². The first-order chi connectivity index (χ1) is 24.6. The molecular formula is C47H33BS2. The molecule has 0 fully saturated rings. The van der Waals surface area contributed by atoms with Crippen LogP contribution in [0.5, 0.6) is 0 Å². The molecule has 0 saturated carbocycles. The molecule has 2 aliphatic heterocycles. The van der Waals surface area contributed by atoms with Gasteiger partial charge in [0.15, 0.2) is 0 Å². The van der Waals surface area contributed by atoms with E-state index in [-0.39, 0.29) is 12.1 Å². The van der Waals surface area contributed by atoms with E-state index in [9.17, 15) is 0 Å². The van der Waals surface area contributed by atoms with Gasteiger partial charge in [-0.3, -0.25) is 0 Å². The van der Waals surface area contributed by atoms with E-state index >= 15 is 0 Å². The van der Waals surface area contributed by atoms with Crippen molar-refractivity contribution in [2.45, 2.75) is 38.8 Å². The maximum Gasteiger partial charge on any atom is 0.247 e. The summed E-state index contributed by atoms with van der Waals surface area (Å²) in [5.41, 5.74) is 12.0. The first kappa shape index (κ1) is 29.9. The molecule has 0 aromatic heterocycles. The molecule has 0 unspecified atom stereocenters. The Balaban J connectivity index is 1.22. The molecule has 8 aromatic rings. The predicted octanol–water partition coefficient (Wildman–Crippen LogP) is 11.1. The Morgan fingerprint density at radius 2 is 0.900 bits per heavy atom. The van der Waals surface area contributed by atoms with Gasteiger partial charge in [-0.2, -0.15) is 0 Å². The molecule has 0 aliphatic carbocycles. The molecule has 0 amide bonds. The van der Waals surface area contributed by atoms with Crippen LogP contribution in [0.3, 0.4) is 0 Å². The maximum atomic E-state index is 2.50. The smallest absolute Gasteiger partial charge is 0.0911 e. The van der Waals surface area contributed by atoms with E-state index in [0.29, 0.717) is 0 Å². The average Bonchev–Trinajstić information content (AvgIpc) is 3.17. The Labute approximate surface area is 302 Å². The van der Waals surface area contributed by atoms with Crippen LogP contribution in [0, 0.1) is 0 Å². The van der Waals surface area contributed by atoms with Gasteiger partial charge >= 0.3 is 0 Å². The number of hydrogen-bond donors (Lipinski definition) is 0. The second-order valence-corrected chi connectivity index (χ2v) is 16.2. The van der Waals surface area contributed by atoms with Crippen molar-refractivity contribution in [3.63, 3.8) is 0 Å². The molecule has 2 heterocycles. The lowest BCUT2D eigenvalue weighted by atomic mass is 9.36. The summed E-state index contributed by atoms with van der Waals surface area (Å²) in [5, 5.41) is 5.17. The quantitative estimate of drug-likeness (QED) is 0.135. The van der Waals surface area contributed by atoms with Crippen molar-refractivity contribution in [2.75, 3.05) is 0 Å². The van der Waals surface area contributed by atoms with Crippen LogP contribution in [-0.2, 0) is 5.41 Å². The molecule has 0 atom stereocenters. The van der Waals surface area contributed by atoms with Crippen molar-refractivity contribution < 1.29 is 0 Å². The average molecular weight is 673 g/mol. The molecule has 50 heavy (non-hydrogen) atoms. The zero-order valence-corrected chi connectivity index (χ0v) is 29.6. The minimum atomic E-state index is -0.108. The molecule has 3 heteroatoms. The van der Waals surface area contributed by atoms with Crippen LogP contribution >= 0.6 is 23.5 Å². The molecule has 8 aromatic carbocycles. The van der Waals surface area contributed by atoms with E-state index in [0.717, 1.165) is 0 Å². The van der Waals surface area contributed by atoms with E-state index in [1.807, 2.05) is 23.5 Å². The zero-order chi connectivity index (χ0) is 33.4. The highest BCUT2D eigenvalue weighted by Crippen LogP contribution is 2.47. The fourth-order valence-corrected chi connectivity index (χ4v) is 10.9. The normalized spacial score (nSPS) is 13.2. The summed E-state index contributed by atoms with van der Waals surface area (Å²) in [6, 6.07) is 61.1. The lowest BCUT2D eigenvalue weighted by Crippen LogP contribution is -2.58. The molecule has 0 nitrogen and oxygen atoms in total. The third kappa shape index (κ3) is 4.57. The number of rotatable bonds is 4. The van der Waals surface area contributed by atoms with Crippen molar-refractivity contribution in [1.82, 2.24) is 0 Å². The SMILES string of the molecule is CC(C)(c1ccccc1)c1ccc2c(c1)Sc1cc(-c3c4ccccc4c(-c4ccccc4)c4ccccc34)cc3c1B2c1ccccc1S3. The van der Waals surface area contributed by atoms with Gasteiger partial charge in [-0.05, 0) is 84.7 Å². The Hall–Kier alpha value is -4.96. The summed E-state index contributed by atoms with van der Waals surface area (Å²) in [5.74, 6) is 0. The Kier molecular flexibility index (Phi) is 6.91. The highest BCUT2D eigenvalue weighted by atomic mass is 32.2. The highest BCUT2D eigenvalue weighted by molar-refractivity contribution is 8.01. The van der Waals surface area contributed by atoms with Crippen LogP contribution in [0.15, 0.2) is 183 Å². The maximum absolute atomic E-state index is 2.50. The third-order valence-corrected chi connectivity index (χ3v) is 13.2. The van der Waals surface area contributed by atoms with Crippen LogP contribution in [0.2, 0.25) is 0 Å². The highest BCUT2D eigenvalue weighted by Gasteiger charge is 2.39. The molecule has 2 aliphatic rings. The van der Waals surface area contributed by atoms with Crippen molar-refractivity contribution in [1.29, 1.82) is 0 Å². The number of fused-ring (bicyclic) bond motifs is 6. The summed E-state index contributed by atoms with van der Waals surface area (Å²) in [6.07, 6.45) is 0. The van der Waals surface area contributed by atoms with Gasteiger partial charge in [-0.1, -0.05) is 188 Å². The largest absolute Gasteiger partial charge is 0.247 e. The third-order valence-electron chi connectivity index (χ3n) is 10.9. The summed E-state index contributed by atoms with van der Waals surface area (Å²) in [7, 11) is 0. The van der Waals surface area contributed by atoms with E-state index < -0.39 is 0 Å². The van der Waals surface area contributed by atoms with E-state index in [4.69, 9.17) is 0 Å². The lowest BCUT2D eigenvalue weighted by molar-refractivity contribution is 0.639. The van der Waals surface area contributed by atoms with Crippen LogP contribution in [0.1, 0.15) is 25.0 Å². The molecule has 0 radical (unpaired) electrons. The van der Waals surface area contributed by atoms with Crippen LogP contribution in [0.25, 0.3) is 43.8 Å². The number of hydrogen-bond acceptors (Lipinski definition) is 2. The second kappa shape index (κ2) is 11.6. The monoisotopic (exact) mass is 672 g/mol. The molecule has 236 valence electrons. The number of benzene rings is 8. The molecular weight excluding hydrogens is 639 g/mol. The molecule has 10 rings (SSSR count).